The summed E-state index contributed by atoms with van der Waals surface area (Å²) in [6, 6.07) is 4.29. The molecule has 0 bridgehead atoms. The zero-order valence-corrected chi connectivity index (χ0v) is 11.6. The van der Waals surface area contributed by atoms with Gasteiger partial charge in [0, 0.05) is 17.1 Å². The Kier molecular flexibility index (Phi) is 4.80. The number of sulfonamides is 1. The Morgan fingerprint density at radius 1 is 1.41 bits per heavy atom. The van der Waals surface area contributed by atoms with Crippen molar-refractivity contribution >= 4 is 21.6 Å². The molecule has 0 spiro atoms. The van der Waals surface area contributed by atoms with Crippen LogP contribution in [0.3, 0.4) is 0 Å². The van der Waals surface area contributed by atoms with Crippen molar-refractivity contribution in [1.29, 1.82) is 0 Å². The number of benzene rings is 1. The minimum absolute atomic E-state index is 0.109. The molecule has 0 unspecified atom stereocenters. The predicted molar refractivity (Wildman–Crippen MR) is 68.1 cm³/mol. The maximum atomic E-state index is 12.0. The van der Waals surface area contributed by atoms with Gasteiger partial charge in [-0.3, -0.25) is 0 Å². The third kappa shape index (κ3) is 3.87. The van der Waals surface area contributed by atoms with E-state index in [2.05, 4.69) is 4.72 Å². The second-order valence-electron chi connectivity index (χ2n) is 3.80. The zero-order chi connectivity index (χ0) is 13.1. The lowest BCUT2D eigenvalue weighted by Gasteiger charge is -2.13. The standard InChI is InChI=1S/C11H16ClNO3S/c1-4-16-10-7-9(12)5-6-11(10)17(14,15)13-8(2)3/h5-8,13H,4H2,1-3H3. The first-order valence-electron chi connectivity index (χ1n) is 5.31. The molecule has 0 saturated heterocycles. The van der Waals surface area contributed by atoms with Crippen LogP contribution in [0.4, 0.5) is 0 Å². The Labute approximate surface area is 107 Å². The number of ether oxygens (including phenoxy) is 1. The predicted octanol–water partition coefficient (Wildman–Crippen LogP) is 2.43. The van der Waals surface area contributed by atoms with Crippen molar-refractivity contribution in [3.8, 4) is 5.75 Å². The quantitative estimate of drug-likeness (QED) is 0.899. The summed E-state index contributed by atoms with van der Waals surface area (Å²) in [6.07, 6.45) is 0. The van der Waals surface area contributed by atoms with Crippen LogP contribution in [0.5, 0.6) is 5.75 Å². The van der Waals surface area contributed by atoms with Gasteiger partial charge in [0.2, 0.25) is 10.0 Å². The Hall–Kier alpha value is -0.780. The van der Waals surface area contributed by atoms with E-state index in [0.717, 1.165) is 0 Å². The summed E-state index contributed by atoms with van der Waals surface area (Å²) in [6.45, 7) is 5.68. The molecular weight excluding hydrogens is 262 g/mol. The molecule has 4 nitrogen and oxygen atoms in total. The van der Waals surface area contributed by atoms with Crippen molar-refractivity contribution in [2.24, 2.45) is 0 Å². The summed E-state index contributed by atoms with van der Waals surface area (Å²) < 4.78 is 31.8. The van der Waals surface area contributed by atoms with Gasteiger partial charge in [0.1, 0.15) is 10.6 Å². The molecule has 6 heteroatoms. The molecular formula is C11H16ClNO3S. The minimum Gasteiger partial charge on any atom is -0.492 e. The highest BCUT2D eigenvalue weighted by molar-refractivity contribution is 7.89. The molecule has 0 aliphatic heterocycles. The van der Waals surface area contributed by atoms with E-state index in [9.17, 15) is 8.42 Å². The lowest BCUT2D eigenvalue weighted by Crippen LogP contribution is -2.30. The number of hydrogen-bond donors (Lipinski definition) is 1. The first kappa shape index (κ1) is 14.3. The van der Waals surface area contributed by atoms with Gasteiger partial charge in [-0.05, 0) is 32.9 Å². The highest BCUT2D eigenvalue weighted by Gasteiger charge is 2.20. The summed E-state index contributed by atoms with van der Waals surface area (Å²) in [4.78, 5) is 0.109. The van der Waals surface area contributed by atoms with Crippen LogP contribution in [0.25, 0.3) is 0 Å². The molecule has 0 atom stereocenters. The second-order valence-corrected chi connectivity index (χ2v) is 5.92. The van der Waals surface area contributed by atoms with Gasteiger partial charge in [0.15, 0.2) is 0 Å². The van der Waals surface area contributed by atoms with Gasteiger partial charge in [-0.15, -0.1) is 0 Å². The molecule has 0 heterocycles. The van der Waals surface area contributed by atoms with Gasteiger partial charge in [-0.2, -0.15) is 0 Å². The molecule has 0 radical (unpaired) electrons. The van der Waals surface area contributed by atoms with Gasteiger partial charge < -0.3 is 4.74 Å². The Morgan fingerprint density at radius 2 is 2.06 bits per heavy atom. The number of hydrogen-bond acceptors (Lipinski definition) is 3. The fourth-order valence-electron chi connectivity index (χ4n) is 1.35. The fourth-order valence-corrected chi connectivity index (χ4v) is 2.89. The van der Waals surface area contributed by atoms with E-state index in [0.29, 0.717) is 11.6 Å². The lowest BCUT2D eigenvalue weighted by atomic mass is 10.3. The third-order valence-corrected chi connectivity index (χ3v) is 3.82. The Morgan fingerprint density at radius 3 is 2.59 bits per heavy atom. The smallest absolute Gasteiger partial charge is 0.244 e. The summed E-state index contributed by atoms with van der Waals surface area (Å²) in [5, 5.41) is 0.442. The fraction of sp³-hybridized carbons (Fsp3) is 0.455. The maximum absolute atomic E-state index is 12.0. The second kappa shape index (κ2) is 5.71. The summed E-state index contributed by atoms with van der Waals surface area (Å²) in [5.41, 5.74) is 0. The van der Waals surface area contributed by atoms with Crippen molar-refractivity contribution < 1.29 is 13.2 Å². The topological polar surface area (TPSA) is 55.4 Å². The highest BCUT2D eigenvalue weighted by Crippen LogP contribution is 2.27. The molecule has 0 aliphatic rings. The van der Waals surface area contributed by atoms with Crippen molar-refractivity contribution in [1.82, 2.24) is 4.72 Å². The highest BCUT2D eigenvalue weighted by atomic mass is 35.5. The molecule has 1 aromatic rings. The molecule has 0 aromatic heterocycles. The normalized spacial score (nSPS) is 11.8. The largest absolute Gasteiger partial charge is 0.492 e. The maximum Gasteiger partial charge on any atom is 0.244 e. The molecule has 1 aromatic carbocycles. The third-order valence-electron chi connectivity index (χ3n) is 1.89. The number of nitrogens with one attached hydrogen (secondary N) is 1. The Bertz CT molecular complexity index is 485. The lowest BCUT2D eigenvalue weighted by molar-refractivity contribution is 0.331. The van der Waals surface area contributed by atoms with Gasteiger partial charge in [-0.1, -0.05) is 11.6 Å². The van der Waals surface area contributed by atoms with E-state index in [1.807, 2.05) is 0 Å². The monoisotopic (exact) mass is 277 g/mol. The van der Waals surface area contributed by atoms with Crippen LogP contribution in [-0.4, -0.2) is 21.1 Å². The Balaban J connectivity index is 3.20. The molecule has 96 valence electrons. The van der Waals surface area contributed by atoms with E-state index in [4.69, 9.17) is 16.3 Å². The molecule has 0 amide bonds. The molecule has 1 N–H and O–H groups in total. The molecule has 0 aliphatic carbocycles. The van der Waals surface area contributed by atoms with E-state index in [1.54, 1.807) is 20.8 Å². The average molecular weight is 278 g/mol. The van der Waals surface area contributed by atoms with Crippen LogP contribution in [0.2, 0.25) is 5.02 Å². The summed E-state index contributed by atoms with van der Waals surface area (Å²) in [5.74, 6) is 0.271. The molecule has 17 heavy (non-hydrogen) atoms. The van der Waals surface area contributed by atoms with Crippen LogP contribution in [0, 0.1) is 0 Å². The van der Waals surface area contributed by atoms with E-state index in [1.165, 1.54) is 18.2 Å². The van der Waals surface area contributed by atoms with Crippen molar-refractivity contribution in [2.45, 2.75) is 31.7 Å². The van der Waals surface area contributed by atoms with Crippen LogP contribution >= 0.6 is 11.6 Å². The minimum atomic E-state index is -3.56. The van der Waals surface area contributed by atoms with Gasteiger partial charge >= 0.3 is 0 Å². The van der Waals surface area contributed by atoms with Gasteiger partial charge in [-0.25, -0.2) is 13.1 Å². The van der Waals surface area contributed by atoms with E-state index in [-0.39, 0.29) is 16.7 Å². The average Bonchev–Trinajstić information content (AvgIpc) is 2.15. The zero-order valence-electron chi connectivity index (χ0n) is 10.0. The van der Waals surface area contributed by atoms with Crippen LogP contribution in [0.15, 0.2) is 23.1 Å². The SMILES string of the molecule is CCOc1cc(Cl)ccc1S(=O)(=O)NC(C)C. The van der Waals surface area contributed by atoms with E-state index < -0.39 is 10.0 Å². The van der Waals surface area contributed by atoms with Gasteiger partial charge in [0.25, 0.3) is 0 Å². The molecule has 0 saturated carbocycles. The van der Waals surface area contributed by atoms with Crippen LogP contribution in [0.1, 0.15) is 20.8 Å². The molecule has 0 fully saturated rings. The first-order chi connectivity index (χ1) is 7.86. The van der Waals surface area contributed by atoms with Crippen LogP contribution < -0.4 is 9.46 Å². The van der Waals surface area contributed by atoms with Crippen molar-refractivity contribution in [3.05, 3.63) is 23.2 Å². The summed E-state index contributed by atoms with van der Waals surface area (Å²) >= 11 is 5.81. The molecule has 1 rings (SSSR count). The first-order valence-corrected chi connectivity index (χ1v) is 7.17. The van der Waals surface area contributed by atoms with Crippen LogP contribution in [-0.2, 0) is 10.0 Å². The van der Waals surface area contributed by atoms with Crippen molar-refractivity contribution in [2.75, 3.05) is 6.61 Å². The summed E-state index contributed by atoms with van der Waals surface area (Å²) in [7, 11) is -3.56. The van der Waals surface area contributed by atoms with E-state index >= 15 is 0 Å². The van der Waals surface area contributed by atoms with Crippen molar-refractivity contribution in [3.63, 3.8) is 0 Å². The number of halogens is 1. The number of rotatable bonds is 5. The van der Waals surface area contributed by atoms with Gasteiger partial charge in [0.05, 0.1) is 6.61 Å².